The molecule has 26 heavy (non-hydrogen) atoms. The Kier molecular flexibility index (Phi) is 3.98. The first-order valence-electron chi connectivity index (χ1n) is 8.36. The van der Waals surface area contributed by atoms with Gasteiger partial charge in [0.05, 0.1) is 11.8 Å². The highest BCUT2D eigenvalue weighted by Crippen LogP contribution is 2.26. The minimum atomic E-state index is -1.07. The first-order valence-corrected chi connectivity index (χ1v) is 8.36. The molecule has 0 aliphatic carbocycles. The molecular formula is C20H16N4O2. The first-order chi connectivity index (χ1) is 12.7. The summed E-state index contributed by atoms with van der Waals surface area (Å²) in [5.41, 5.74) is 3.66. The average molecular weight is 344 g/mol. The maximum atomic E-state index is 12.8. The number of fused-ring (bicyclic) bond motifs is 1. The van der Waals surface area contributed by atoms with Gasteiger partial charge in [-0.2, -0.15) is 10.4 Å². The molecule has 0 N–H and O–H groups in total. The van der Waals surface area contributed by atoms with E-state index in [4.69, 9.17) is 4.42 Å². The molecule has 0 bridgehead atoms. The van der Waals surface area contributed by atoms with Crippen molar-refractivity contribution in [3.63, 3.8) is 0 Å². The summed E-state index contributed by atoms with van der Waals surface area (Å²) in [5.74, 6) is -1.27. The highest BCUT2D eigenvalue weighted by atomic mass is 16.3. The number of nitrogens with zero attached hydrogens (tertiary/aromatic N) is 4. The second-order valence-electron chi connectivity index (χ2n) is 6.20. The number of anilines is 1. The van der Waals surface area contributed by atoms with E-state index in [0.29, 0.717) is 16.7 Å². The third-order valence-electron chi connectivity index (χ3n) is 4.38. The second-order valence-corrected chi connectivity index (χ2v) is 6.20. The molecule has 6 heteroatoms. The smallest absolute Gasteiger partial charge is 0.220 e. The molecule has 3 aromatic rings. The zero-order valence-corrected chi connectivity index (χ0v) is 14.2. The molecule has 0 saturated carbocycles. The summed E-state index contributed by atoms with van der Waals surface area (Å²) in [5, 5.41) is 15.8. The Bertz CT molecular complexity index is 1010. The fourth-order valence-corrected chi connectivity index (χ4v) is 2.96. The van der Waals surface area contributed by atoms with Gasteiger partial charge in [0.15, 0.2) is 17.3 Å². The van der Waals surface area contributed by atoms with E-state index < -0.39 is 5.92 Å². The summed E-state index contributed by atoms with van der Waals surface area (Å²) in [6.07, 6.45) is 0.939. The van der Waals surface area contributed by atoms with Gasteiger partial charge in [-0.1, -0.05) is 12.1 Å². The molecule has 1 aliphatic heterocycles. The standard InChI is InChI=1S/C20H16N4O2/c1-13-10-11-24(23-13)15-8-6-14(7-9-15)19(25)16(12-21)20-22-17-4-2-3-5-18(17)26-20/h2-9,16H,10-11H2,1H3. The van der Waals surface area contributed by atoms with E-state index in [1.165, 1.54) is 0 Å². The summed E-state index contributed by atoms with van der Waals surface area (Å²) < 4.78 is 5.60. The first kappa shape index (κ1) is 16.0. The van der Waals surface area contributed by atoms with E-state index in [9.17, 15) is 10.1 Å². The van der Waals surface area contributed by atoms with Crippen molar-refractivity contribution in [1.82, 2.24) is 4.98 Å². The molecular weight excluding hydrogens is 328 g/mol. The zero-order valence-electron chi connectivity index (χ0n) is 14.2. The number of nitriles is 1. The van der Waals surface area contributed by atoms with Crippen LogP contribution in [0.3, 0.4) is 0 Å². The minimum Gasteiger partial charge on any atom is -0.439 e. The lowest BCUT2D eigenvalue weighted by molar-refractivity contribution is 0.0970. The molecule has 6 nitrogen and oxygen atoms in total. The van der Waals surface area contributed by atoms with Crippen molar-refractivity contribution in [1.29, 1.82) is 5.26 Å². The summed E-state index contributed by atoms with van der Waals surface area (Å²) in [7, 11) is 0. The number of oxazole rings is 1. The van der Waals surface area contributed by atoms with Gasteiger partial charge in [-0.3, -0.25) is 9.80 Å². The van der Waals surface area contributed by atoms with E-state index in [1.54, 1.807) is 24.3 Å². The molecule has 0 amide bonds. The van der Waals surface area contributed by atoms with E-state index in [1.807, 2.05) is 42.3 Å². The number of para-hydroxylation sites is 2. The Labute approximate surface area is 150 Å². The van der Waals surface area contributed by atoms with Crippen molar-refractivity contribution < 1.29 is 9.21 Å². The number of hydrogen-bond acceptors (Lipinski definition) is 6. The zero-order chi connectivity index (χ0) is 18.1. The maximum absolute atomic E-state index is 12.8. The van der Waals surface area contributed by atoms with Gasteiger partial charge in [-0.05, 0) is 43.3 Å². The summed E-state index contributed by atoms with van der Waals surface area (Å²) >= 11 is 0. The van der Waals surface area contributed by atoms with Crippen LogP contribution in [0.5, 0.6) is 0 Å². The van der Waals surface area contributed by atoms with Crippen LogP contribution in [0, 0.1) is 11.3 Å². The number of rotatable bonds is 4. The number of ketones is 1. The van der Waals surface area contributed by atoms with Crippen molar-refractivity contribution in [2.45, 2.75) is 19.3 Å². The van der Waals surface area contributed by atoms with Crippen LogP contribution >= 0.6 is 0 Å². The van der Waals surface area contributed by atoms with Crippen molar-refractivity contribution in [2.24, 2.45) is 5.10 Å². The van der Waals surface area contributed by atoms with Crippen molar-refractivity contribution >= 4 is 28.3 Å². The van der Waals surface area contributed by atoms with E-state index in [0.717, 1.165) is 24.4 Å². The predicted octanol–water partition coefficient (Wildman–Crippen LogP) is 3.90. The normalized spacial score (nSPS) is 14.9. The second kappa shape index (κ2) is 6.45. The topological polar surface area (TPSA) is 82.5 Å². The van der Waals surface area contributed by atoms with Gasteiger partial charge in [0.25, 0.3) is 0 Å². The molecule has 1 aliphatic rings. The Balaban J connectivity index is 1.60. The van der Waals surface area contributed by atoms with Gasteiger partial charge in [0, 0.05) is 24.2 Å². The lowest BCUT2D eigenvalue weighted by Gasteiger charge is -2.14. The van der Waals surface area contributed by atoms with Crippen molar-refractivity contribution in [3.05, 3.63) is 60.0 Å². The Morgan fingerprint density at radius 3 is 2.65 bits per heavy atom. The molecule has 1 aromatic heterocycles. The van der Waals surface area contributed by atoms with Gasteiger partial charge in [-0.15, -0.1) is 0 Å². The van der Waals surface area contributed by atoms with Crippen LogP contribution in [0.25, 0.3) is 11.1 Å². The van der Waals surface area contributed by atoms with Crippen LogP contribution in [0.4, 0.5) is 5.69 Å². The lowest BCUT2D eigenvalue weighted by Crippen LogP contribution is -2.14. The number of Topliss-reactive ketones (excluding diaryl/α,β-unsaturated/α-hetero) is 1. The molecule has 0 radical (unpaired) electrons. The van der Waals surface area contributed by atoms with Crippen LogP contribution in [-0.4, -0.2) is 23.0 Å². The molecule has 0 saturated heterocycles. The molecule has 4 rings (SSSR count). The van der Waals surface area contributed by atoms with Crippen molar-refractivity contribution in [2.75, 3.05) is 11.6 Å². The van der Waals surface area contributed by atoms with Gasteiger partial charge in [0.2, 0.25) is 5.89 Å². The molecule has 1 unspecified atom stereocenters. The highest BCUT2D eigenvalue weighted by Gasteiger charge is 2.27. The van der Waals surface area contributed by atoms with E-state index in [2.05, 4.69) is 10.1 Å². The number of carbonyl (C=O) groups is 1. The summed E-state index contributed by atoms with van der Waals surface area (Å²) in [6.45, 7) is 2.83. The summed E-state index contributed by atoms with van der Waals surface area (Å²) in [6, 6.07) is 16.3. The number of carbonyl (C=O) groups excluding carboxylic acids is 1. The monoisotopic (exact) mass is 344 g/mol. The Hall–Kier alpha value is -3.46. The van der Waals surface area contributed by atoms with Crippen LogP contribution in [0.1, 0.15) is 35.5 Å². The van der Waals surface area contributed by atoms with E-state index >= 15 is 0 Å². The Morgan fingerprint density at radius 2 is 2.00 bits per heavy atom. The fraction of sp³-hybridized carbons (Fsp3) is 0.200. The average Bonchev–Trinajstić information content (AvgIpc) is 3.28. The van der Waals surface area contributed by atoms with Crippen LogP contribution in [0.15, 0.2) is 58.0 Å². The quantitative estimate of drug-likeness (QED) is 0.670. The lowest BCUT2D eigenvalue weighted by atomic mass is 9.98. The Morgan fingerprint density at radius 1 is 1.23 bits per heavy atom. The third-order valence-corrected chi connectivity index (χ3v) is 4.38. The molecule has 2 heterocycles. The highest BCUT2D eigenvalue weighted by molar-refractivity contribution is 6.02. The largest absolute Gasteiger partial charge is 0.439 e. The van der Waals surface area contributed by atoms with E-state index in [-0.39, 0.29) is 11.7 Å². The van der Waals surface area contributed by atoms with Crippen molar-refractivity contribution in [3.8, 4) is 6.07 Å². The molecule has 128 valence electrons. The fourth-order valence-electron chi connectivity index (χ4n) is 2.96. The summed E-state index contributed by atoms with van der Waals surface area (Å²) in [4.78, 5) is 17.1. The van der Waals surface area contributed by atoms with Gasteiger partial charge in [-0.25, -0.2) is 4.98 Å². The molecule has 2 aromatic carbocycles. The third kappa shape index (κ3) is 2.84. The minimum absolute atomic E-state index is 0.127. The number of hydrazone groups is 1. The molecule has 0 spiro atoms. The van der Waals surface area contributed by atoms with Gasteiger partial charge < -0.3 is 4.42 Å². The van der Waals surface area contributed by atoms with Crippen LogP contribution in [0.2, 0.25) is 0 Å². The SMILES string of the molecule is CC1=NN(c2ccc(C(=O)C(C#N)c3nc4ccccc4o3)cc2)CC1. The molecule has 1 atom stereocenters. The number of aromatic nitrogens is 1. The van der Waals surface area contributed by atoms with Gasteiger partial charge in [0.1, 0.15) is 5.52 Å². The number of hydrogen-bond donors (Lipinski definition) is 0. The number of benzene rings is 2. The van der Waals surface area contributed by atoms with Gasteiger partial charge >= 0.3 is 0 Å². The van der Waals surface area contributed by atoms with Crippen LogP contribution in [-0.2, 0) is 0 Å². The maximum Gasteiger partial charge on any atom is 0.220 e. The predicted molar refractivity (Wildman–Crippen MR) is 98.2 cm³/mol. The molecule has 0 fully saturated rings. The van der Waals surface area contributed by atoms with Crippen LogP contribution < -0.4 is 5.01 Å².